The van der Waals surface area contributed by atoms with Crippen molar-refractivity contribution in [2.75, 3.05) is 45.7 Å². The van der Waals surface area contributed by atoms with Crippen molar-refractivity contribution in [1.82, 2.24) is 9.80 Å². The number of amides is 3. The number of rotatable bonds is 4. The molecule has 10 heteroatoms. The van der Waals surface area contributed by atoms with E-state index >= 15 is 0 Å². The molecule has 0 bridgehead atoms. The Balaban J connectivity index is 1.59. The van der Waals surface area contributed by atoms with Crippen LogP contribution >= 0.6 is 11.6 Å². The van der Waals surface area contributed by atoms with Gasteiger partial charge in [-0.15, -0.1) is 0 Å². The summed E-state index contributed by atoms with van der Waals surface area (Å²) in [5, 5.41) is 2.88. The number of piperazine rings is 1. The second-order valence-electron chi connectivity index (χ2n) is 6.61. The predicted molar refractivity (Wildman–Crippen MR) is 114 cm³/mol. The maximum absolute atomic E-state index is 12.7. The van der Waals surface area contributed by atoms with Crippen LogP contribution in [0.4, 0.5) is 15.3 Å². The Kier molecular flexibility index (Phi) is 7.19. The lowest BCUT2D eigenvalue weighted by Crippen LogP contribution is -2.52. The molecule has 2 aromatic rings. The molecule has 3 amide bonds. The average molecular weight is 448 g/mol. The molecule has 1 heterocycles. The van der Waals surface area contributed by atoms with Gasteiger partial charge in [-0.05, 0) is 18.2 Å². The lowest BCUT2D eigenvalue weighted by molar-refractivity contribution is 0.0597. The van der Waals surface area contributed by atoms with Gasteiger partial charge in [0.25, 0.3) is 0 Å². The van der Waals surface area contributed by atoms with Crippen LogP contribution < -0.4 is 14.8 Å². The molecular formula is C21H22ClN3O6. The van der Waals surface area contributed by atoms with Gasteiger partial charge in [0.15, 0.2) is 0 Å². The molecule has 1 aliphatic rings. The molecule has 0 atom stereocenters. The van der Waals surface area contributed by atoms with Crippen molar-refractivity contribution >= 4 is 35.4 Å². The second kappa shape index (κ2) is 10.0. The minimum Gasteiger partial charge on any atom is -0.496 e. The van der Waals surface area contributed by atoms with Crippen LogP contribution in [0.2, 0.25) is 5.02 Å². The van der Waals surface area contributed by atoms with Crippen LogP contribution in [0, 0.1) is 0 Å². The summed E-state index contributed by atoms with van der Waals surface area (Å²) in [4.78, 5) is 39.9. The van der Waals surface area contributed by atoms with E-state index in [0.29, 0.717) is 37.6 Å². The number of nitrogens with one attached hydrogen (secondary N) is 1. The van der Waals surface area contributed by atoms with Crippen molar-refractivity contribution < 1.29 is 28.6 Å². The molecule has 0 radical (unpaired) electrons. The minimum absolute atomic E-state index is 0.151. The van der Waals surface area contributed by atoms with Crippen molar-refractivity contribution in [1.29, 1.82) is 0 Å². The van der Waals surface area contributed by atoms with Crippen molar-refractivity contribution in [2.45, 2.75) is 0 Å². The molecule has 1 fully saturated rings. The number of carbonyl (C=O) groups excluding carboxylic acids is 3. The van der Waals surface area contributed by atoms with Crippen LogP contribution in [0.15, 0.2) is 42.5 Å². The van der Waals surface area contributed by atoms with Gasteiger partial charge in [0.2, 0.25) is 0 Å². The van der Waals surface area contributed by atoms with Crippen LogP contribution in [-0.4, -0.2) is 68.3 Å². The number of hydrogen-bond donors (Lipinski definition) is 1. The normalized spacial score (nSPS) is 13.4. The zero-order valence-corrected chi connectivity index (χ0v) is 17.8. The molecule has 1 saturated heterocycles. The van der Waals surface area contributed by atoms with Gasteiger partial charge in [-0.25, -0.2) is 14.4 Å². The summed E-state index contributed by atoms with van der Waals surface area (Å²) in [6.07, 6.45) is -0.461. The number of nitrogens with zero attached hydrogens (tertiary/aromatic N) is 2. The van der Waals surface area contributed by atoms with Gasteiger partial charge in [0.1, 0.15) is 17.1 Å². The number of hydrogen-bond acceptors (Lipinski definition) is 6. The van der Waals surface area contributed by atoms with Crippen molar-refractivity contribution in [3.8, 4) is 11.5 Å². The van der Waals surface area contributed by atoms with Gasteiger partial charge in [0.05, 0.1) is 24.9 Å². The minimum atomic E-state index is -0.602. The molecule has 164 valence electrons. The highest BCUT2D eigenvalue weighted by Gasteiger charge is 2.26. The summed E-state index contributed by atoms with van der Waals surface area (Å²) < 4.78 is 15.2. The lowest BCUT2D eigenvalue weighted by atomic mass is 10.1. The van der Waals surface area contributed by atoms with Crippen LogP contribution in [0.3, 0.4) is 0 Å². The average Bonchev–Trinajstić information content (AvgIpc) is 2.80. The Labute approximate surface area is 184 Å². The third-order valence-corrected chi connectivity index (χ3v) is 5.02. The van der Waals surface area contributed by atoms with Gasteiger partial charge >= 0.3 is 18.1 Å². The number of anilines is 1. The van der Waals surface area contributed by atoms with E-state index in [2.05, 4.69) is 5.32 Å². The number of para-hydroxylation sites is 1. The Morgan fingerprint density at radius 3 is 2.23 bits per heavy atom. The number of halogens is 1. The molecule has 1 N–H and O–H groups in total. The summed E-state index contributed by atoms with van der Waals surface area (Å²) in [6.45, 7) is 1.31. The van der Waals surface area contributed by atoms with Gasteiger partial charge in [-0.2, -0.15) is 0 Å². The molecule has 31 heavy (non-hydrogen) atoms. The SMILES string of the molecule is COC(=O)c1cc(Cl)c(NC(=O)N2CCN(C(=O)Oc3ccccc3)CC2)cc1OC. The maximum atomic E-state index is 12.7. The predicted octanol–water partition coefficient (Wildman–Crippen LogP) is 3.48. The van der Waals surface area contributed by atoms with E-state index in [9.17, 15) is 14.4 Å². The third kappa shape index (κ3) is 5.37. The molecule has 0 saturated carbocycles. The van der Waals surface area contributed by atoms with Crippen LogP contribution in [-0.2, 0) is 4.74 Å². The zero-order valence-electron chi connectivity index (χ0n) is 17.1. The van der Waals surface area contributed by atoms with E-state index < -0.39 is 12.1 Å². The molecule has 3 rings (SSSR count). The fourth-order valence-corrected chi connectivity index (χ4v) is 3.24. The van der Waals surface area contributed by atoms with Gasteiger partial charge in [-0.1, -0.05) is 29.8 Å². The summed E-state index contributed by atoms with van der Waals surface area (Å²) >= 11 is 6.22. The van der Waals surface area contributed by atoms with E-state index in [1.807, 2.05) is 6.07 Å². The second-order valence-corrected chi connectivity index (χ2v) is 7.02. The van der Waals surface area contributed by atoms with Gasteiger partial charge < -0.3 is 29.3 Å². The number of esters is 1. The molecule has 0 aromatic heterocycles. The Morgan fingerprint density at radius 1 is 0.968 bits per heavy atom. The standard InChI is InChI=1S/C21H22ClN3O6/c1-29-18-13-17(16(22)12-15(18)19(26)30-2)23-20(27)24-8-10-25(11-9-24)21(28)31-14-6-4-3-5-7-14/h3-7,12-13H,8-11H2,1-2H3,(H,23,27). The third-order valence-electron chi connectivity index (χ3n) is 4.71. The van der Waals surface area contributed by atoms with E-state index in [0.717, 1.165) is 0 Å². The zero-order chi connectivity index (χ0) is 22.4. The molecular weight excluding hydrogens is 426 g/mol. The lowest BCUT2D eigenvalue weighted by Gasteiger charge is -2.34. The molecule has 0 unspecified atom stereocenters. The highest BCUT2D eigenvalue weighted by Crippen LogP contribution is 2.31. The first-order valence-electron chi connectivity index (χ1n) is 9.46. The molecule has 9 nitrogen and oxygen atoms in total. The quantitative estimate of drug-likeness (QED) is 0.720. The Morgan fingerprint density at radius 2 is 1.61 bits per heavy atom. The maximum Gasteiger partial charge on any atom is 0.415 e. The number of benzene rings is 2. The largest absolute Gasteiger partial charge is 0.496 e. The first kappa shape index (κ1) is 22.2. The first-order valence-corrected chi connectivity index (χ1v) is 9.84. The van der Waals surface area contributed by atoms with Crippen molar-refractivity contribution in [2.24, 2.45) is 0 Å². The van der Waals surface area contributed by atoms with E-state index in [4.69, 9.17) is 25.8 Å². The molecule has 2 aromatic carbocycles. The number of ether oxygens (including phenoxy) is 3. The Hall–Kier alpha value is -3.46. The fraction of sp³-hybridized carbons (Fsp3) is 0.286. The number of methoxy groups -OCH3 is 2. The number of carbonyl (C=O) groups is 3. The van der Waals surface area contributed by atoms with E-state index in [1.165, 1.54) is 31.3 Å². The highest BCUT2D eigenvalue weighted by molar-refractivity contribution is 6.34. The van der Waals surface area contributed by atoms with Crippen LogP contribution in [0.5, 0.6) is 11.5 Å². The summed E-state index contributed by atoms with van der Waals surface area (Å²) in [6, 6.07) is 11.2. The highest BCUT2D eigenvalue weighted by atomic mass is 35.5. The monoisotopic (exact) mass is 447 g/mol. The summed E-state index contributed by atoms with van der Waals surface area (Å²) in [5.74, 6) is 0.0850. The number of urea groups is 1. The van der Waals surface area contributed by atoms with Crippen LogP contribution in [0.1, 0.15) is 10.4 Å². The van der Waals surface area contributed by atoms with Gasteiger partial charge in [0, 0.05) is 32.2 Å². The van der Waals surface area contributed by atoms with E-state index in [1.54, 1.807) is 29.2 Å². The van der Waals surface area contributed by atoms with Crippen LogP contribution in [0.25, 0.3) is 0 Å². The molecule has 1 aliphatic heterocycles. The fourth-order valence-electron chi connectivity index (χ4n) is 3.03. The molecule has 0 aliphatic carbocycles. The molecule has 0 spiro atoms. The first-order chi connectivity index (χ1) is 14.9. The summed E-state index contributed by atoms with van der Waals surface area (Å²) in [5.41, 5.74) is 0.445. The Bertz CT molecular complexity index is 961. The summed E-state index contributed by atoms with van der Waals surface area (Å²) in [7, 11) is 2.65. The smallest absolute Gasteiger partial charge is 0.415 e. The van der Waals surface area contributed by atoms with Crippen molar-refractivity contribution in [3.63, 3.8) is 0 Å². The van der Waals surface area contributed by atoms with Gasteiger partial charge in [-0.3, -0.25) is 0 Å². The van der Waals surface area contributed by atoms with Crippen molar-refractivity contribution in [3.05, 3.63) is 53.1 Å². The topological polar surface area (TPSA) is 97.4 Å². The van der Waals surface area contributed by atoms with E-state index in [-0.39, 0.29) is 22.4 Å².